The molecule has 5 heteroatoms. The van der Waals surface area contributed by atoms with Crippen LogP contribution in [-0.4, -0.2) is 29.2 Å². The molecule has 0 aliphatic rings. The fourth-order valence-electron chi connectivity index (χ4n) is 1.96. The largest absolute Gasteiger partial charge is 0.478 e. The summed E-state index contributed by atoms with van der Waals surface area (Å²) in [4.78, 5) is 23.3. The van der Waals surface area contributed by atoms with E-state index < -0.39 is 11.9 Å². The Kier molecular flexibility index (Phi) is 6.56. The molecule has 0 radical (unpaired) electrons. The summed E-state index contributed by atoms with van der Waals surface area (Å²) in [5, 5.41) is 9.21. The molecule has 22 heavy (non-hydrogen) atoms. The van der Waals surface area contributed by atoms with Crippen molar-refractivity contribution in [2.45, 2.75) is 52.0 Å². The molecule has 122 valence electrons. The molecule has 0 saturated carbocycles. The SMILES string of the molecule is CCCCOC(=O)c1cc(CCC(C)(C)N)ccc1C(=O)O. The second-order valence-corrected chi connectivity index (χ2v) is 6.16. The molecule has 0 amide bonds. The summed E-state index contributed by atoms with van der Waals surface area (Å²) in [5.74, 6) is -1.71. The Morgan fingerprint density at radius 2 is 1.95 bits per heavy atom. The summed E-state index contributed by atoms with van der Waals surface area (Å²) < 4.78 is 5.13. The Morgan fingerprint density at radius 1 is 1.27 bits per heavy atom. The molecule has 0 unspecified atom stereocenters. The molecule has 0 aromatic heterocycles. The average molecular weight is 307 g/mol. The number of nitrogens with two attached hydrogens (primary N) is 1. The minimum absolute atomic E-state index is 0.0303. The van der Waals surface area contributed by atoms with Crippen molar-refractivity contribution < 1.29 is 19.4 Å². The number of carbonyl (C=O) groups is 2. The highest BCUT2D eigenvalue weighted by Gasteiger charge is 2.19. The van der Waals surface area contributed by atoms with Crippen molar-refractivity contribution in [3.05, 3.63) is 34.9 Å². The maximum Gasteiger partial charge on any atom is 0.339 e. The number of carbonyl (C=O) groups excluding carboxylic acids is 1. The maximum absolute atomic E-state index is 12.1. The maximum atomic E-state index is 12.1. The zero-order chi connectivity index (χ0) is 16.8. The summed E-state index contributed by atoms with van der Waals surface area (Å²) in [5.41, 5.74) is 6.60. The Bertz CT molecular complexity index is 532. The molecule has 0 heterocycles. The molecular formula is C17H25NO4. The van der Waals surface area contributed by atoms with Crippen molar-refractivity contribution >= 4 is 11.9 Å². The molecule has 0 aliphatic heterocycles. The van der Waals surface area contributed by atoms with Crippen molar-refractivity contribution in [1.29, 1.82) is 0 Å². The minimum Gasteiger partial charge on any atom is -0.478 e. The third-order valence-corrected chi connectivity index (χ3v) is 3.32. The van der Waals surface area contributed by atoms with Gasteiger partial charge in [0.05, 0.1) is 17.7 Å². The van der Waals surface area contributed by atoms with Crippen LogP contribution in [-0.2, 0) is 11.2 Å². The molecule has 1 aromatic carbocycles. The molecular weight excluding hydrogens is 282 g/mol. The molecule has 1 rings (SSSR count). The predicted molar refractivity (Wildman–Crippen MR) is 85.2 cm³/mol. The van der Waals surface area contributed by atoms with Crippen LogP contribution in [0.5, 0.6) is 0 Å². The topological polar surface area (TPSA) is 89.6 Å². The molecule has 1 aromatic rings. The number of ether oxygens (including phenoxy) is 1. The molecule has 0 atom stereocenters. The number of aromatic carboxylic acids is 1. The van der Waals surface area contributed by atoms with E-state index in [-0.39, 0.29) is 16.7 Å². The predicted octanol–water partition coefficient (Wildman–Crippen LogP) is 3.01. The van der Waals surface area contributed by atoms with Gasteiger partial charge in [0.2, 0.25) is 0 Å². The first-order chi connectivity index (χ1) is 10.2. The van der Waals surface area contributed by atoms with E-state index in [9.17, 15) is 14.7 Å². The number of esters is 1. The van der Waals surface area contributed by atoms with Crippen LogP contribution in [0.1, 0.15) is 66.3 Å². The number of unbranched alkanes of at least 4 members (excludes halogenated alkanes) is 1. The van der Waals surface area contributed by atoms with Gasteiger partial charge >= 0.3 is 11.9 Å². The van der Waals surface area contributed by atoms with E-state index in [1.54, 1.807) is 12.1 Å². The van der Waals surface area contributed by atoms with Gasteiger partial charge in [-0.2, -0.15) is 0 Å². The number of carboxylic acid groups (broad SMARTS) is 1. The first-order valence-corrected chi connectivity index (χ1v) is 7.57. The number of aryl methyl sites for hydroxylation is 1. The fourth-order valence-corrected chi connectivity index (χ4v) is 1.96. The van der Waals surface area contributed by atoms with Gasteiger partial charge in [0.15, 0.2) is 0 Å². The van der Waals surface area contributed by atoms with Gasteiger partial charge in [0, 0.05) is 5.54 Å². The van der Waals surface area contributed by atoms with Crippen LogP contribution < -0.4 is 5.73 Å². The number of benzene rings is 1. The summed E-state index contributed by atoms with van der Waals surface area (Å²) in [7, 11) is 0. The summed E-state index contributed by atoms with van der Waals surface area (Å²) in [6.45, 7) is 6.15. The van der Waals surface area contributed by atoms with Crippen LogP contribution in [0, 0.1) is 0 Å². The number of rotatable bonds is 8. The van der Waals surface area contributed by atoms with Crippen LogP contribution in [0.15, 0.2) is 18.2 Å². The summed E-state index contributed by atoms with van der Waals surface area (Å²) >= 11 is 0. The lowest BCUT2D eigenvalue weighted by Gasteiger charge is -2.18. The van der Waals surface area contributed by atoms with Crippen molar-refractivity contribution in [3.8, 4) is 0 Å². The Labute approximate surface area is 131 Å². The second-order valence-electron chi connectivity index (χ2n) is 6.16. The van der Waals surface area contributed by atoms with Crippen LogP contribution in [0.2, 0.25) is 0 Å². The highest BCUT2D eigenvalue weighted by Crippen LogP contribution is 2.17. The number of hydrogen-bond acceptors (Lipinski definition) is 4. The highest BCUT2D eigenvalue weighted by atomic mass is 16.5. The monoisotopic (exact) mass is 307 g/mol. The van der Waals surface area contributed by atoms with Crippen LogP contribution in [0.3, 0.4) is 0 Å². The van der Waals surface area contributed by atoms with Gasteiger partial charge in [-0.25, -0.2) is 9.59 Å². The van der Waals surface area contributed by atoms with Gasteiger partial charge in [-0.3, -0.25) is 0 Å². The zero-order valence-electron chi connectivity index (χ0n) is 13.5. The lowest BCUT2D eigenvalue weighted by atomic mass is 9.94. The zero-order valence-corrected chi connectivity index (χ0v) is 13.5. The number of hydrogen-bond donors (Lipinski definition) is 2. The lowest BCUT2D eigenvalue weighted by molar-refractivity contribution is 0.0489. The third-order valence-electron chi connectivity index (χ3n) is 3.32. The van der Waals surface area contributed by atoms with Crippen LogP contribution in [0.4, 0.5) is 0 Å². The van der Waals surface area contributed by atoms with Gasteiger partial charge in [-0.15, -0.1) is 0 Å². The highest BCUT2D eigenvalue weighted by molar-refractivity contribution is 6.02. The van der Waals surface area contributed by atoms with E-state index in [0.29, 0.717) is 13.0 Å². The Morgan fingerprint density at radius 3 is 2.50 bits per heavy atom. The van der Waals surface area contributed by atoms with E-state index in [2.05, 4.69) is 0 Å². The third kappa shape index (κ3) is 5.85. The first kappa shape index (κ1) is 18.2. The Balaban J connectivity index is 2.95. The molecule has 0 spiro atoms. The summed E-state index contributed by atoms with van der Waals surface area (Å²) in [6, 6.07) is 4.78. The van der Waals surface area contributed by atoms with Crippen molar-refractivity contribution in [2.24, 2.45) is 5.73 Å². The van der Waals surface area contributed by atoms with E-state index in [0.717, 1.165) is 24.8 Å². The molecule has 5 nitrogen and oxygen atoms in total. The number of carboxylic acids is 1. The normalized spacial score (nSPS) is 11.3. The van der Waals surface area contributed by atoms with Crippen molar-refractivity contribution in [2.75, 3.05) is 6.61 Å². The standard InChI is InChI=1S/C17H25NO4/c1-4-5-10-22-16(21)14-11-12(8-9-17(2,3)18)6-7-13(14)15(19)20/h6-7,11H,4-5,8-10,18H2,1-3H3,(H,19,20). The molecule has 0 fully saturated rings. The van der Waals surface area contributed by atoms with Gasteiger partial charge in [0.1, 0.15) is 0 Å². The lowest BCUT2D eigenvalue weighted by Crippen LogP contribution is -2.32. The molecule has 0 aliphatic carbocycles. The van der Waals surface area contributed by atoms with Gasteiger partial charge < -0.3 is 15.6 Å². The molecule has 0 saturated heterocycles. The Hall–Kier alpha value is -1.88. The molecule has 3 N–H and O–H groups in total. The van der Waals surface area contributed by atoms with Crippen LogP contribution in [0.25, 0.3) is 0 Å². The smallest absolute Gasteiger partial charge is 0.339 e. The molecule has 0 bridgehead atoms. The van der Waals surface area contributed by atoms with Gasteiger partial charge in [-0.1, -0.05) is 19.4 Å². The minimum atomic E-state index is -1.13. The van der Waals surface area contributed by atoms with Crippen molar-refractivity contribution in [1.82, 2.24) is 0 Å². The fraction of sp³-hybridized carbons (Fsp3) is 0.529. The van der Waals surface area contributed by atoms with E-state index >= 15 is 0 Å². The van der Waals surface area contributed by atoms with E-state index in [1.165, 1.54) is 6.07 Å². The quantitative estimate of drug-likeness (QED) is 0.569. The second kappa shape index (κ2) is 7.94. The first-order valence-electron chi connectivity index (χ1n) is 7.57. The van der Waals surface area contributed by atoms with Crippen LogP contribution >= 0.6 is 0 Å². The summed E-state index contributed by atoms with van der Waals surface area (Å²) in [6.07, 6.45) is 3.09. The van der Waals surface area contributed by atoms with Gasteiger partial charge in [-0.05, 0) is 50.8 Å². The average Bonchev–Trinajstić information content (AvgIpc) is 2.44. The van der Waals surface area contributed by atoms with E-state index in [4.69, 9.17) is 10.5 Å². The van der Waals surface area contributed by atoms with E-state index in [1.807, 2.05) is 20.8 Å². The van der Waals surface area contributed by atoms with Crippen molar-refractivity contribution in [3.63, 3.8) is 0 Å². The van der Waals surface area contributed by atoms with Gasteiger partial charge in [0.25, 0.3) is 0 Å².